The molecule has 0 spiro atoms. The Bertz CT molecular complexity index is 1090. The summed E-state index contributed by atoms with van der Waals surface area (Å²) >= 11 is 0. The van der Waals surface area contributed by atoms with Gasteiger partial charge >= 0.3 is 11.9 Å². The summed E-state index contributed by atoms with van der Waals surface area (Å²) in [6.07, 6.45) is 1.33. The van der Waals surface area contributed by atoms with Crippen molar-refractivity contribution in [3.05, 3.63) is 88.2 Å². The standard InChI is InChI=1S/C25H25NO4/c1-16-8-9-20(12-17(16)2)13-22-6-5-7-23(26-22)14-21-10-11-24(29-18(3)27)25(15-21)30-19(4)28/h5-12,15H,13-14H2,1-4H3. The van der Waals surface area contributed by atoms with Gasteiger partial charge in [-0.05, 0) is 60.4 Å². The minimum absolute atomic E-state index is 0.220. The smallest absolute Gasteiger partial charge is 0.308 e. The number of benzene rings is 2. The topological polar surface area (TPSA) is 65.5 Å². The van der Waals surface area contributed by atoms with Crippen LogP contribution in [-0.4, -0.2) is 16.9 Å². The third kappa shape index (κ3) is 5.77. The molecule has 3 rings (SSSR count). The number of hydrogen-bond donors (Lipinski definition) is 0. The molecular weight excluding hydrogens is 378 g/mol. The lowest BCUT2D eigenvalue weighted by atomic mass is 10.0. The molecule has 1 heterocycles. The van der Waals surface area contributed by atoms with Gasteiger partial charge in [0.15, 0.2) is 11.5 Å². The molecule has 0 saturated heterocycles. The largest absolute Gasteiger partial charge is 0.423 e. The van der Waals surface area contributed by atoms with E-state index in [1.54, 1.807) is 12.1 Å². The molecule has 0 aliphatic heterocycles. The highest BCUT2D eigenvalue weighted by atomic mass is 16.6. The maximum atomic E-state index is 11.4. The quantitative estimate of drug-likeness (QED) is 0.440. The molecule has 0 aliphatic carbocycles. The van der Waals surface area contributed by atoms with Gasteiger partial charge in [-0.15, -0.1) is 0 Å². The van der Waals surface area contributed by atoms with Crippen molar-refractivity contribution in [2.75, 3.05) is 0 Å². The maximum absolute atomic E-state index is 11.4. The van der Waals surface area contributed by atoms with E-state index >= 15 is 0 Å². The number of hydrogen-bond acceptors (Lipinski definition) is 5. The number of aromatic nitrogens is 1. The number of ether oxygens (including phenoxy) is 2. The summed E-state index contributed by atoms with van der Waals surface area (Å²) < 4.78 is 10.3. The van der Waals surface area contributed by atoms with E-state index in [2.05, 4.69) is 32.0 Å². The lowest BCUT2D eigenvalue weighted by molar-refractivity contribution is -0.134. The van der Waals surface area contributed by atoms with Crippen LogP contribution >= 0.6 is 0 Å². The van der Waals surface area contributed by atoms with E-state index in [0.29, 0.717) is 6.42 Å². The van der Waals surface area contributed by atoms with Crippen molar-refractivity contribution in [3.8, 4) is 11.5 Å². The zero-order chi connectivity index (χ0) is 21.7. The van der Waals surface area contributed by atoms with Crippen LogP contribution in [0.15, 0.2) is 54.6 Å². The second-order valence-corrected chi connectivity index (χ2v) is 7.36. The molecule has 0 bridgehead atoms. The first-order valence-electron chi connectivity index (χ1n) is 9.81. The average molecular weight is 403 g/mol. The van der Waals surface area contributed by atoms with E-state index in [9.17, 15) is 9.59 Å². The minimum Gasteiger partial charge on any atom is -0.423 e. The molecule has 3 aromatic rings. The number of esters is 2. The molecule has 0 amide bonds. The molecular formula is C25H25NO4. The third-order valence-corrected chi connectivity index (χ3v) is 4.72. The van der Waals surface area contributed by atoms with E-state index in [4.69, 9.17) is 14.5 Å². The molecule has 154 valence electrons. The zero-order valence-electron chi connectivity index (χ0n) is 17.7. The number of rotatable bonds is 6. The normalized spacial score (nSPS) is 10.5. The van der Waals surface area contributed by atoms with Crippen molar-refractivity contribution in [3.63, 3.8) is 0 Å². The molecule has 0 atom stereocenters. The monoisotopic (exact) mass is 403 g/mol. The van der Waals surface area contributed by atoms with Crippen LogP contribution in [0.25, 0.3) is 0 Å². The van der Waals surface area contributed by atoms with Crippen molar-refractivity contribution >= 4 is 11.9 Å². The highest BCUT2D eigenvalue weighted by Crippen LogP contribution is 2.29. The molecule has 5 heteroatoms. The van der Waals surface area contributed by atoms with Crippen LogP contribution in [0.4, 0.5) is 0 Å². The van der Waals surface area contributed by atoms with Crippen molar-refractivity contribution in [1.29, 1.82) is 0 Å². The highest BCUT2D eigenvalue weighted by molar-refractivity contribution is 5.73. The summed E-state index contributed by atoms with van der Waals surface area (Å²) in [6.45, 7) is 6.83. The lowest BCUT2D eigenvalue weighted by Crippen LogP contribution is -2.07. The summed E-state index contributed by atoms with van der Waals surface area (Å²) in [5.41, 5.74) is 6.58. The van der Waals surface area contributed by atoms with Gasteiger partial charge in [0, 0.05) is 38.1 Å². The van der Waals surface area contributed by atoms with Gasteiger partial charge in [0.25, 0.3) is 0 Å². The molecule has 0 N–H and O–H groups in total. The van der Waals surface area contributed by atoms with Crippen LogP contribution in [-0.2, 0) is 22.4 Å². The molecule has 0 aliphatic rings. The fourth-order valence-electron chi connectivity index (χ4n) is 3.19. The van der Waals surface area contributed by atoms with Crippen LogP contribution in [0.5, 0.6) is 11.5 Å². The molecule has 0 fully saturated rings. The van der Waals surface area contributed by atoms with Crippen molar-refractivity contribution < 1.29 is 19.1 Å². The van der Waals surface area contributed by atoms with E-state index < -0.39 is 11.9 Å². The summed E-state index contributed by atoms with van der Waals surface area (Å²) in [6, 6.07) is 17.6. The molecule has 30 heavy (non-hydrogen) atoms. The fraction of sp³-hybridized carbons (Fsp3) is 0.240. The Kier molecular flexibility index (Phi) is 6.62. The molecule has 0 saturated carbocycles. The fourth-order valence-corrected chi connectivity index (χ4v) is 3.19. The molecule has 0 radical (unpaired) electrons. The van der Waals surface area contributed by atoms with Crippen LogP contribution in [0.3, 0.4) is 0 Å². The Morgan fingerprint density at radius 2 is 1.30 bits per heavy atom. The Balaban J connectivity index is 1.80. The second-order valence-electron chi connectivity index (χ2n) is 7.36. The van der Waals surface area contributed by atoms with Crippen molar-refractivity contribution in [1.82, 2.24) is 4.98 Å². The molecule has 5 nitrogen and oxygen atoms in total. The number of nitrogens with zero attached hydrogens (tertiary/aromatic N) is 1. The Morgan fingerprint density at radius 1 is 0.733 bits per heavy atom. The summed E-state index contributed by atoms with van der Waals surface area (Å²) in [5.74, 6) is -0.509. The van der Waals surface area contributed by atoms with Gasteiger partial charge in [0.1, 0.15) is 0 Å². The van der Waals surface area contributed by atoms with Gasteiger partial charge in [-0.3, -0.25) is 14.6 Å². The minimum atomic E-state index is -0.478. The first kappa shape index (κ1) is 21.2. The van der Waals surface area contributed by atoms with E-state index in [1.807, 2.05) is 24.3 Å². The lowest BCUT2D eigenvalue weighted by Gasteiger charge is -2.11. The van der Waals surface area contributed by atoms with Crippen LogP contribution in [0.1, 0.15) is 47.5 Å². The van der Waals surface area contributed by atoms with E-state index in [0.717, 1.165) is 23.4 Å². The van der Waals surface area contributed by atoms with Gasteiger partial charge in [-0.1, -0.05) is 30.3 Å². The van der Waals surface area contributed by atoms with Crippen molar-refractivity contribution in [2.24, 2.45) is 0 Å². The maximum Gasteiger partial charge on any atom is 0.308 e. The van der Waals surface area contributed by atoms with E-state index in [1.165, 1.54) is 30.5 Å². The van der Waals surface area contributed by atoms with Gasteiger partial charge in [0.2, 0.25) is 0 Å². The first-order valence-corrected chi connectivity index (χ1v) is 9.81. The van der Waals surface area contributed by atoms with Gasteiger partial charge in [-0.2, -0.15) is 0 Å². The SMILES string of the molecule is CC(=O)Oc1ccc(Cc2cccc(Cc3ccc(C)c(C)c3)n2)cc1OC(C)=O. The summed E-state index contributed by atoms with van der Waals surface area (Å²) in [5, 5.41) is 0. The van der Waals surface area contributed by atoms with Crippen LogP contribution < -0.4 is 9.47 Å². The summed E-state index contributed by atoms with van der Waals surface area (Å²) in [7, 11) is 0. The van der Waals surface area contributed by atoms with E-state index in [-0.39, 0.29) is 11.5 Å². The number of pyridine rings is 1. The third-order valence-electron chi connectivity index (χ3n) is 4.72. The zero-order valence-corrected chi connectivity index (χ0v) is 17.7. The Morgan fingerprint density at radius 3 is 1.90 bits per heavy atom. The molecule has 1 aromatic heterocycles. The van der Waals surface area contributed by atoms with Crippen LogP contribution in [0.2, 0.25) is 0 Å². The molecule has 0 unspecified atom stereocenters. The predicted octanol–water partition coefficient (Wildman–Crippen LogP) is 4.73. The van der Waals surface area contributed by atoms with Gasteiger partial charge < -0.3 is 9.47 Å². The Hall–Kier alpha value is -3.47. The molecule has 2 aromatic carbocycles. The summed E-state index contributed by atoms with van der Waals surface area (Å²) in [4.78, 5) is 27.5. The first-order chi connectivity index (χ1) is 14.3. The van der Waals surface area contributed by atoms with Crippen molar-refractivity contribution in [2.45, 2.75) is 40.5 Å². The highest BCUT2D eigenvalue weighted by Gasteiger charge is 2.12. The number of carbonyl (C=O) groups is 2. The van der Waals surface area contributed by atoms with Gasteiger partial charge in [0.05, 0.1) is 0 Å². The van der Waals surface area contributed by atoms with Gasteiger partial charge in [-0.25, -0.2) is 0 Å². The number of aryl methyl sites for hydroxylation is 2. The average Bonchev–Trinajstić information content (AvgIpc) is 2.66. The second kappa shape index (κ2) is 9.35. The van der Waals surface area contributed by atoms with Crippen LogP contribution in [0, 0.1) is 13.8 Å². The Labute approximate surface area is 176 Å². The predicted molar refractivity (Wildman–Crippen MR) is 115 cm³/mol. The number of carbonyl (C=O) groups excluding carboxylic acids is 2.